The summed E-state index contributed by atoms with van der Waals surface area (Å²) in [7, 11) is 0. The summed E-state index contributed by atoms with van der Waals surface area (Å²) in [6.45, 7) is 7.36. The van der Waals surface area contributed by atoms with Crippen molar-refractivity contribution in [3.8, 4) is 6.07 Å². The van der Waals surface area contributed by atoms with Crippen molar-refractivity contribution in [2.24, 2.45) is 0 Å². The highest BCUT2D eigenvalue weighted by Gasteiger charge is 1.96. The van der Waals surface area contributed by atoms with E-state index in [-0.39, 0.29) is 0 Å². The number of nitrogens with one attached hydrogen (secondary N) is 2. The maximum absolute atomic E-state index is 8.69. The van der Waals surface area contributed by atoms with Crippen molar-refractivity contribution in [2.75, 3.05) is 13.1 Å². The van der Waals surface area contributed by atoms with Gasteiger partial charge in [0.15, 0.2) is 0 Å². The summed E-state index contributed by atoms with van der Waals surface area (Å²) in [6, 6.07) is 10.5. The molecule has 0 bridgehead atoms. The molecule has 0 amide bonds. The molecule has 18 heavy (non-hydrogen) atoms. The van der Waals surface area contributed by atoms with Crippen molar-refractivity contribution >= 4 is 0 Å². The van der Waals surface area contributed by atoms with Gasteiger partial charge < -0.3 is 10.6 Å². The Labute approximate surface area is 110 Å². The molecule has 1 atom stereocenters. The van der Waals surface area contributed by atoms with E-state index in [0.717, 1.165) is 31.6 Å². The lowest BCUT2D eigenvalue weighted by Gasteiger charge is -2.11. The number of hydrogen-bond acceptors (Lipinski definition) is 3. The SMILES string of the molecule is CCC(C)NCCCNCc1ccc(C#N)cc1. The van der Waals surface area contributed by atoms with E-state index in [1.165, 1.54) is 12.0 Å². The first-order valence-corrected chi connectivity index (χ1v) is 6.69. The molecule has 3 heteroatoms. The van der Waals surface area contributed by atoms with Gasteiger partial charge in [0.25, 0.3) is 0 Å². The lowest BCUT2D eigenvalue weighted by molar-refractivity contribution is 0.512. The average molecular weight is 245 g/mol. The van der Waals surface area contributed by atoms with Crippen LogP contribution in [0.2, 0.25) is 0 Å². The largest absolute Gasteiger partial charge is 0.314 e. The summed E-state index contributed by atoms with van der Waals surface area (Å²) in [4.78, 5) is 0. The molecular weight excluding hydrogens is 222 g/mol. The number of hydrogen-bond donors (Lipinski definition) is 2. The van der Waals surface area contributed by atoms with E-state index in [9.17, 15) is 0 Å². The minimum Gasteiger partial charge on any atom is -0.314 e. The predicted octanol–water partition coefficient (Wildman–Crippen LogP) is 2.43. The second-order valence-electron chi connectivity index (χ2n) is 4.60. The molecule has 2 N–H and O–H groups in total. The number of nitriles is 1. The van der Waals surface area contributed by atoms with E-state index >= 15 is 0 Å². The molecule has 1 rings (SSSR count). The van der Waals surface area contributed by atoms with Crippen LogP contribution >= 0.6 is 0 Å². The fraction of sp³-hybridized carbons (Fsp3) is 0.533. The van der Waals surface area contributed by atoms with Crippen molar-refractivity contribution < 1.29 is 0 Å². The standard InChI is InChI=1S/C15H23N3/c1-3-13(2)18-10-4-9-17-12-15-7-5-14(11-16)6-8-15/h5-8,13,17-18H,3-4,9-10,12H2,1-2H3. The molecule has 0 radical (unpaired) electrons. The molecule has 0 saturated heterocycles. The zero-order valence-corrected chi connectivity index (χ0v) is 11.4. The van der Waals surface area contributed by atoms with Crippen LogP contribution in [0, 0.1) is 11.3 Å². The van der Waals surface area contributed by atoms with Crippen LogP contribution in [0.5, 0.6) is 0 Å². The minimum atomic E-state index is 0.614. The first-order valence-electron chi connectivity index (χ1n) is 6.69. The van der Waals surface area contributed by atoms with E-state index in [1.807, 2.05) is 24.3 Å². The van der Waals surface area contributed by atoms with Gasteiger partial charge in [0.1, 0.15) is 0 Å². The van der Waals surface area contributed by atoms with Gasteiger partial charge in [-0.1, -0.05) is 19.1 Å². The summed E-state index contributed by atoms with van der Waals surface area (Å²) in [5.74, 6) is 0. The first-order chi connectivity index (χ1) is 8.76. The van der Waals surface area contributed by atoms with Crippen LogP contribution in [0.25, 0.3) is 0 Å². The van der Waals surface area contributed by atoms with Gasteiger partial charge in [-0.05, 0) is 50.6 Å². The molecule has 0 saturated carbocycles. The second kappa shape index (κ2) is 8.68. The van der Waals surface area contributed by atoms with Crippen LogP contribution in [0.1, 0.15) is 37.8 Å². The molecular formula is C15H23N3. The molecule has 0 fully saturated rings. The van der Waals surface area contributed by atoms with Crippen molar-refractivity contribution in [1.29, 1.82) is 5.26 Å². The van der Waals surface area contributed by atoms with Crippen LogP contribution in [0.3, 0.4) is 0 Å². The van der Waals surface area contributed by atoms with Crippen molar-refractivity contribution in [3.05, 3.63) is 35.4 Å². The Hall–Kier alpha value is -1.37. The van der Waals surface area contributed by atoms with Crippen LogP contribution in [-0.4, -0.2) is 19.1 Å². The Kier molecular flexibility index (Phi) is 7.09. The van der Waals surface area contributed by atoms with Gasteiger partial charge in [0, 0.05) is 12.6 Å². The molecule has 98 valence electrons. The fourth-order valence-corrected chi connectivity index (χ4v) is 1.64. The van der Waals surface area contributed by atoms with Gasteiger partial charge in [0.2, 0.25) is 0 Å². The molecule has 3 nitrogen and oxygen atoms in total. The molecule has 0 aliphatic heterocycles. The van der Waals surface area contributed by atoms with Crippen LogP contribution in [0.4, 0.5) is 0 Å². The van der Waals surface area contributed by atoms with Crippen molar-refractivity contribution in [2.45, 2.75) is 39.3 Å². The molecule has 0 aliphatic rings. The van der Waals surface area contributed by atoms with Crippen molar-refractivity contribution in [1.82, 2.24) is 10.6 Å². The normalized spacial score (nSPS) is 12.1. The number of benzene rings is 1. The third kappa shape index (κ3) is 5.81. The lowest BCUT2D eigenvalue weighted by atomic mass is 10.1. The lowest BCUT2D eigenvalue weighted by Crippen LogP contribution is -2.28. The summed E-state index contributed by atoms with van der Waals surface area (Å²) >= 11 is 0. The van der Waals surface area contributed by atoms with Crippen molar-refractivity contribution in [3.63, 3.8) is 0 Å². The number of rotatable bonds is 8. The Morgan fingerprint density at radius 2 is 1.94 bits per heavy atom. The highest BCUT2D eigenvalue weighted by molar-refractivity contribution is 5.31. The summed E-state index contributed by atoms with van der Waals surface area (Å²) in [6.07, 6.45) is 2.32. The smallest absolute Gasteiger partial charge is 0.0991 e. The Morgan fingerprint density at radius 3 is 2.56 bits per heavy atom. The monoisotopic (exact) mass is 245 g/mol. The minimum absolute atomic E-state index is 0.614. The molecule has 1 aromatic rings. The highest BCUT2D eigenvalue weighted by Crippen LogP contribution is 2.02. The molecule has 1 aromatic carbocycles. The van der Waals surface area contributed by atoms with E-state index < -0.39 is 0 Å². The molecule has 1 unspecified atom stereocenters. The summed E-state index contributed by atoms with van der Waals surface area (Å²) in [5.41, 5.74) is 1.94. The Balaban J connectivity index is 2.09. The maximum atomic E-state index is 8.69. The average Bonchev–Trinajstić information content (AvgIpc) is 2.43. The van der Waals surface area contributed by atoms with E-state index in [2.05, 4.69) is 30.6 Å². The Bertz CT molecular complexity index is 364. The third-order valence-corrected chi connectivity index (χ3v) is 3.05. The zero-order chi connectivity index (χ0) is 13.2. The van der Waals surface area contributed by atoms with Crippen LogP contribution < -0.4 is 10.6 Å². The van der Waals surface area contributed by atoms with E-state index in [4.69, 9.17) is 5.26 Å². The van der Waals surface area contributed by atoms with E-state index in [0.29, 0.717) is 6.04 Å². The van der Waals surface area contributed by atoms with Gasteiger partial charge >= 0.3 is 0 Å². The van der Waals surface area contributed by atoms with Crippen LogP contribution in [0.15, 0.2) is 24.3 Å². The third-order valence-electron chi connectivity index (χ3n) is 3.05. The quantitative estimate of drug-likeness (QED) is 0.692. The van der Waals surface area contributed by atoms with Gasteiger partial charge in [0.05, 0.1) is 11.6 Å². The van der Waals surface area contributed by atoms with E-state index in [1.54, 1.807) is 0 Å². The molecule has 0 aromatic heterocycles. The Morgan fingerprint density at radius 1 is 1.22 bits per heavy atom. The second-order valence-corrected chi connectivity index (χ2v) is 4.60. The van der Waals surface area contributed by atoms with Gasteiger partial charge in [-0.15, -0.1) is 0 Å². The zero-order valence-electron chi connectivity index (χ0n) is 11.4. The number of nitrogens with zero attached hydrogens (tertiary/aromatic N) is 1. The first kappa shape index (κ1) is 14.7. The molecule has 0 spiro atoms. The maximum Gasteiger partial charge on any atom is 0.0991 e. The van der Waals surface area contributed by atoms with Crippen LogP contribution in [-0.2, 0) is 6.54 Å². The molecule has 0 aliphatic carbocycles. The van der Waals surface area contributed by atoms with Gasteiger partial charge in [-0.3, -0.25) is 0 Å². The fourth-order valence-electron chi connectivity index (χ4n) is 1.64. The summed E-state index contributed by atoms with van der Waals surface area (Å²) < 4.78 is 0. The van der Waals surface area contributed by atoms with Gasteiger partial charge in [-0.2, -0.15) is 5.26 Å². The van der Waals surface area contributed by atoms with Gasteiger partial charge in [-0.25, -0.2) is 0 Å². The topological polar surface area (TPSA) is 47.8 Å². The molecule has 0 heterocycles. The summed E-state index contributed by atoms with van der Waals surface area (Å²) in [5, 5.41) is 15.6. The highest BCUT2D eigenvalue weighted by atomic mass is 14.9. The predicted molar refractivity (Wildman–Crippen MR) is 75.2 cm³/mol.